The molecule has 118 valence electrons. The van der Waals surface area contributed by atoms with E-state index in [1.807, 2.05) is 24.3 Å². The van der Waals surface area contributed by atoms with Crippen LogP contribution in [0.15, 0.2) is 24.3 Å². The van der Waals surface area contributed by atoms with Gasteiger partial charge in [0.25, 0.3) is 0 Å². The molecule has 5 nitrogen and oxygen atoms in total. The lowest BCUT2D eigenvalue weighted by atomic mass is 10.2. The molecule has 2 amide bonds. The van der Waals surface area contributed by atoms with E-state index in [0.29, 0.717) is 19.0 Å². The third kappa shape index (κ3) is 6.04. The first kappa shape index (κ1) is 17.3. The lowest BCUT2D eigenvalue weighted by Gasteiger charge is -2.27. The molecule has 0 aliphatic rings. The highest BCUT2D eigenvalue weighted by Gasteiger charge is 2.08. The van der Waals surface area contributed by atoms with Crippen LogP contribution >= 0.6 is 0 Å². The van der Waals surface area contributed by atoms with Gasteiger partial charge in [-0.3, -0.25) is 0 Å². The van der Waals surface area contributed by atoms with Crippen molar-refractivity contribution in [2.75, 3.05) is 23.3 Å². The van der Waals surface area contributed by atoms with Crippen molar-refractivity contribution in [1.29, 1.82) is 0 Å². The van der Waals surface area contributed by atoms with E-state index in [9.17, 15) is 4.79 Å². The van der Waals surface area contributed by atoms with Gasteiger partial charge in [0, 0.05) is 30.5 Å². The molecule has 0 aliphatic heterocycles. The Morgan fingerprint density at radius 3 is 2.33 bits per heavy atom. The number of hydrogen-bond donors (Lipinski definition) is 3. The summed E-state index contributed by atoms with van der Waals surface area (Å²) < 4.78 is 0. The number of hydrogen-bond acceptors (Lipinski definition) is 3. The zero-order valence-corrected chi connectivity index (χ0v) is 13.4. The Kier molecular flexibility index (Phi) is 7.02. The Balaban J connectivity index is 2.52. The molecule has 0 saturated carbocycles. The minimum absolute atomic E-state index is 0.250. The Morgan fingerprint density at radius 2 is 1.86 bits per heavy atom. The van der Waals surface area contributed by atoms with E-state index in [1.165, 1.54) is 0 Å². The number of aliphatic hydroxyl groups is 1. The molecule has 3 N–H and O–H groups in total. The van der Waals surface area contributed by atoms with Gasteiger partial charge in [-0.2, -0.15) is 0 Å². The van der Waals surface area contributed by atoms with Crippen LogP contribution in [0.1, 0.15) is 34.1 Å². The average Bonchev–Trinajstić information content (AvgIpc) is 2.40. The molecule has 0 spiro atoms. The van der Waals surface area contributed by atoms with Crippen molar-refractivity contribution in [3.8, 4) is 0 Å². The van der Waals surface area contributed by atoms with Crippen LogP contribution in [-0.4, -0.2) is 36.4 Å². The van der Waals surface area contributed by atoms with Gasteiger partial charge >= 0.3 is 6.03 Å². The molecule has 1 aromatic rings. The summed E-state index contributed by atoms with van der Waals surface area (Å²) in [4.78, 5) is 13.9. The average molecular weight is 293 g/mol. The summed E-state index contributed by atoms with van der Waals surface area (Å²) in [7, 11) is 0. The van der Waals surface area contributed by atoms with Gasteiger partial charge in [0.05, 0.1) is 6.10 Å². The normalized spacial score (nSPS) is 12.1. The summed E-state index contributed by atoms with van der Waals surface area (Å²) >= 11 is 0. The Bertz CT molecular complexity index is 430. The molecule has 0 radical (unpaired) electrons. The number of anilines is 2. The minimum atomic E-state index is -0.402. The number of nitrogens with one attached hydrogen (secondary N) is 2. The molecule has 0 saturated heterocycles. The second kappa shape index (κ2) is 8.52. The monoisotopic (exact) mass is 293 g/mol. The van der Waals surface area contributed by atoms with Crippen LogP contribution in [0.5, 0.6) is 0 Å². The van der Waals surface area contributed by atoms with Crippen LogP contribution in [0.2, 0.25) is 0 Å². The van der Waals surface area contributed by atoms with Crippen molar-refractivity contribution in [1.82, 2.24) is 5.32 Å². The van der Waals surface area contributed by atoms with E-state index in [-0.39, 0.29) is 6.03 Å². The number of carbonyl (C=O) groups excluding carboxylic acids is 1. The van der Waals surface area contributed by atoms with Gasteiger partial charge in [-0.25, -0.2) is 4.79 Å². The number of nitrogens with zero attached hydrogens (tertiary/aromatic N) is 1. The van der Waals surface area contributed by atoms with E-state index < -0.39 is 6.10 Å². The SMILES string of the molecule is CCN(c1ccc(NC(=O)NCCC(C)O)cc1)C(C)C. The van der Waals surface area contributed by atoms with Crippen LogP contribution in [0.25, 0.3) is 0 Å². The molecule has 0 aliphatic carbocycles. The fourth-order valence-corrected chi connectivity index (χ4v) is 2.15. The van der Waals surface area contributed by atoms with Crippen LogP contribution < -0.4 is 15.5 Å². The number of amides is 2. The summed E-state index contributed by atoms with van der Waals surface area (Å²) in [6, 6.07) is 8.00. The smallest absolute Gasteiger partial charge is 0.319 e. The summed E-state index contributed by atoms with van der Waals surface area (Å²) in [5.41, 5.74) is 1.90. The third-order valence-corrected chi connectivity index (χ3v) is 3.27. The predicted octanol–water partition coefficient (Wildman–Crippen LogP) is 2.81. The van der Waals surface area contributed by atoms with Gasteiger partial charge in [-0.15, -0.1) is 0 Å². The topological polar surface area (TPSA) is 64.6 Å². The van der Waals surface area contributed by atoms with E-state index >= 15 is 0 Å². The Hall–Kier alpha value is -1.75. The minimum Gasteiger partial charge on any atom is -0.393 e. The number of carbonyl (C=O) groups is 1. The van der Waals surface area contributed by atoms with E-state index in [4.69, 9.17) is 5.11 Å². The van der Waals surface area contributed by atoms with Crippen molar-refractivity contribution in [2.24, 2.45) is 0 Å². The van der Waals surface area contributed by atoms with Crippen molar-refractivity contribution >= 4 is 17.4 Å². The molecule has 1 unspecified atom stereocenters. The van der Waals surface area contributed by atoms with E-state index in [0.717, 1.165) is 17.9 Å². The van der Waals surface area contributed by atoms with Crippen LogP contribution in [0.3, 0.4) is 0 Å². The second-order valence-electron chi connectivity index (χ2n) is 5.45. The molecule has 0 fully saturated rings. The summed E-state index contributed by atoms with van der Waals surface area (Å²) in [6.07, 6.45) is 0.146. The highest BCUT2D eigenvalue weighted by molar-refractivity contribution is 5.89. The maximum absolute atomic E-state index is 11.7. The van der Waals surface area contributed by atoms with Crippen LogP contribution in [0, 0.1) is 0 Å². The van der Waals surface area contributed by atoms with E-state index in [2.05, 4.69) is 36.3 Å². The van der Waals surface area contributed by atoms with Crippen molar-refractivity contribution in [3.05, 3.63) is 24.3 Å². The molecule has 0 aromatic heterocycles. The van der Waals surface area contributed by atoms with Crippen molar-refractivity contribution < 1.29 is 9.90 Å². The maximum atomic E-state index is 11.7. The molecule has 5 heteroatoms. The van der Waals surface area contributed by atoms with Gasteiger partial charge in [0.1, 0.15) is 0 Å². The Morgan fingerprint density at radius 1 is 1.24 bits per heavy atom. The first-order valence-corrected chi connectivity index (χ1v) is 7.53. The lowest BCUT2D eigenvalue weighted by molar-refractivity contribution is 0.184. The van der Waals surface area contributed by atoms with E-state index in [1.54, 1.807) is 6.92 Å². The van der Waals surface area contributed by atoms with Gasteiger partial charge < -0.3 is 20.6 Å². The van der Waals surface area contributed by atoms with Gasteiger partial charge in [0.2, 0.25) is 0 Å². The lowest BCUT2D eigenvalue weighted by Crippen LogP contribution is -2.31. The van der Waals surface area contributed by atoms with Gasteiger partial charge in [-0.05, 0) is 58.4 Å². The molecule has 0 heterocycles. The van der Waals surface area contributed by atoms with Crippen molar-refractivity contribution in [2.45, 2.75) is 46.3 Å². The van der Waals surface area contributed by atoms with Crippen molar-refractivity contribution in [3.63, 3.8) is 0 Å². The largest absolute Gasteiger partial charge is 0.393 e. The zero-order valence-electron chi connectivity index (χ0n) is 13.4. The molecule has 1 atom stereocenters. The van der Waals surface area contributed by atoms with Gasteiger partial charge in [-0.1, -0.05) is 0 Å². The first-order valence-electron chi connectivity index (χ1n) is 7.53. The summed E-state index contributed by atoms with van der Waals surface area (Å²) in [6.45, 7) is 9.55. The van der Waals surface area contributed by atoms with Crippen LogP contribution in [-0.2, 0) is 0 Å². The highest BCUT2D eigenvalue weighted by atomic mass is 16.3. The predicted molar refractivity (Wildman–Crippen MR) is 87.9 cm³/mol. The fraction of sp³-hybridized carbons (Fsp3) is 0.562. The molecule has 0 bridgehead atoms. The molecular weight excluding hydrogens is 266 g/mol. The third-order valence-electron chi connectivity index (χ3n) is 3.27. The fourth-order valence-electron chi connectivity index (χ4n) is 2.15. The maximum Gasteiger partial charge on any atom is 0.319 e. The number of benzene rings is 1. The highest BCUT2D eigenvalue weighted by Crippen LogP contribution is 2.19. The molecule has 21 heavy (non-hydrogen) atoms. The molecular formula is C16H27N3O2. The number of urea groups is 1. The molecule has 1 aromatic carbocycles. The number of rotatable bonds is 7. The standard InChI is InChI=1S/C16H27N3O2/c1-5-19(12(2)3)15-8-6-14(7-9-15)18-16(21)17-11-10-13(4)20/h6-9,12-13,20H,5,10-11H2,1-4H3,(H2,17,18,21). The van der Waals surface area contributed by atoms with Gasteiger partial charge in [0.15, 0.2) is 0 Å². The first-order chi connectivity index (χ1) is 9.93. The number of aliphatic hydroxyl groups excluding tert-OH is 1. The molecule has 1 rings (SSSR count). The summed E-state index contributed by atoms with van der Waals surface area (Å²) in [5.74, 6) is 0. The van der Waals surface area contributed by atoms with Crippen LogP contribution in [0.4, 0.5) is 16.2 Å². The quantitative estimate of drug-likeness (QED) is 0.724. The zero-order chi connectivity index (χ0) is 15.8. The Labute approximate surface area is 127 Å². The summed E-state index contributed by atoms with van der Waals surface area (Å²) in [5, 5.41) is 14.6. The second-order valence-corrected chi connectivity index (χ2v) is 5.45.